The van der Waals surface area contributed by atoms with E-state index in [0.717, 1.165) is 11.1 Å². The number of amides is 2. The second-order valence-electron chi connectivity index (χ2n) is 11.5. The maximum absolute atomic E-state index is 13.6. The molecular weight excluding hydrogens is 486 g/mol. The van der Waals surface area contributed by atoms with Crippen molar-refractivity contribution in [2.75, 3.05) is 7.11 Å². The van der Waals surface area contributed by atoms with E-state index in [-0.39, 0.29) is 36.0 Å². The molecule has 1 aliphatic carbocycles. The zero-order chi connectivity index (χ0) is 27.4. The minimum absolute atomic E-state index is 0.133. The lowest BCUT2D eigenvalue weighted by Crippen LogP contribution is -2.54. The molecule has 4 N–H and O–H groups in total. The summed E-state index contributed by atoms with van der Waals surface area (Å²) in [7, 11) is 1.53. The molecule has 1 aromatic heterocycles. The molecule has 0 bridgehead atoms. The molecule has 0 radical (unpaired) electrons. The second kappa shape index (κ2) is 9.27. The number of carbonyl (C=O) groups is 2. The van der Waals surface area contributed by atoms with Crippen molar-refractivity contribution >= 4 is 17.8 Å². The predicted octanol–water partition coefficient (Wildman–Crippen LogP) is 2.48. The Morgan fingerprint density at radius 3 is 2.63 bits per heavy atom. The number of aliphatic hydroxyl groups excluding tert-OH is 1. The molecule has 0 spiro atoms. The number of hydrogen-bond acceptors (Lipinski definition) is 8. The molecule has 3 aliphatic rings. The van der Waals surface area contributed by atoms with Crippen LogP contribution in [0.25, 0.3) is 0 Å². The molecule has 38 heavy (non-hydrogen) atoms. The highest BCUT2D eigenvalue weighted by Gasteiger charge is 2.54. The standard InChI is InChI=1S/C28H35N5O5/c1-27(2)13-21(34)33(26(29)32-27)23(15-10-11-20(37-5)30-14-15)17-12-18(17)25(36)31-22-16-8-6-7-9-19(16)38-28(3,4)24(22)35/h6-11,14,17-18,22-24,35H,12-13H2,1-5H3,(H2,29,32)(H,31,36). The highest BCUT2D eigenvalue weighted by Crippen LogP contribution is 2.51. The van der Waals surface area contributed by atoms with Gasteiger partial charge < -0.3 is 25.6 Å². The van der Waals surface area contributed by atoms with Crippen LogP contribution in [0.4, 0.5) is 0 Å². The first-order valence-electron chi connectivity index (χ1n) is 12.9. The van der Waals surface area contributed by atoms with Gasteiger partial charge in [0, 0.05) is 23.7 Å². The average Bonchev–Trinajstić information content (AvgIpc) is 3.64. The van der Waals surface area contributed by atoms with Crippen LogP contribution < -0.4 is 20.5 Å². The molecule has 1 aromatic carbocycles. The number of rotatable bonds is 6. The van der Waals surface area contributed by atoms with Gasteiger partial charge in [-0.15, -0.1) is 0 Å². The van der Waals surface area contributed by atoms with Crippen LogP contribution >= 0.6 is 0 Å². The molecule has 1 saturated carbocycles. The molecule has 10 nitrogen and oxygen atoms in total. The van der Waals surface area contributed by atoms with Gasteiger partial charge >= 0.3 is 0 Å². The second-order valence-corrected chi connectivity index (χ2v) is 11.5. The third kappa shape index (κ3) is 4.69. The van der Waals surface area contributed by atoms with Crippen molar-refractivity contribution in [3.63, 3.8) is 0 Å². The summed E-state index contributed by atoms with van der Waals surface area (Å²) in [4.78, 5) is 37.3. The number of aromatic nitrogens is 1. The number of para-hydroxylation sites is 1. The first-order valence-corrected chi connectivity index (χ1v) is 12.9. The molecule has 5 unspecified atom stereocenters. The lowest BCUT2D eigenvalue weighted by molar-refractivity contribution is -0.132. The van der Waals surface area contributed by atoms with Gasteiger partial charge in [-0.3, -0.25) is 14.5 Å². The summed E-state index contributed by atoms with van der Waals surface area (Å²) < 4.78 is 11.2. The zero-order valence-electron chi connectivity index (χ0n) is 22.3. The monoisotopic (exact) mass is 521 g/mol. The molecule has 2 aromatic rings. The Hall–Kier alpha value is -3.66. The number of hydrogen-bond donors (Lipinski definition) is 3. The van der Waals surface area contributed by atoms with Crippen LogP contribution in [0, 0.1) is 11.8 Å². The maximum Gasteiger partial charge on any atom is 0.232 e. The first-order chi connectivity index (χ1) is 17.9. The number of aliphatic hydroxyl groups is 1. The van der Waals surface area contributed by atoms with Gasteiger partial charge in [0.1, 0.15) is 17.5 Å². The van der Waals surface area contributed by atoms with Crippen LogP contribution in [0.2, 0.25) is 0 Å². The van der Waals surface area contributed by atoms with E-state index in [0.29, 0.717) is 18.1 Å². The van der Waals surface area contributed by atoms with Crippen LogP contribution in [-0.2, 0) is 9.59 Å². The quantitative estimate of drug-likeness (QED) is 0.531. The smallest absolute Gasteiger partial charge is 0.232 e. The maximum atomic E-state index is 13.6. The van der Waals surface area contributed by atoms with Crippen molar-refractivity contribution in [3.05, 3.63) is 53.7 Å². The molecule has 2 aliphatic heterocycles. The summed E-state index contributed by atoms with van der Waals surface area (Å²) in [5, 5.41) is 14.1. The third-order valence-electron chi connectivity index (χ3n) is 7.64. The van der Waals surface area contributed by atoms with E-state index in [2.05, 4.69) is 15.3 Å². The number of fused-ring (bicyclic) bond motifs is 1. The number of nitrogens with two attached hydrogens (primary N) is 1. The van der Waals surface area contributed by atoms with Gasteiger partial charge in [0.05, 0.1) is 31.2 Å². The topological polar surface area (TPSA) is 139 Å². The van der Waals surface area contributed by atoms with E-state index in [9.17, 15) is 14.7 Å². The SMILES string of the molecule is COc1ccc(C(C2CC2C(=O)NC2c3ccccc3OC(C)(C)C2O)N2C(=O)CC(C)(C)N=C2N)cn1. The Labute approximate surface area is 222 Å². The molecule has 2 amide bonds. The number of carbonyl (C=O) groups excluding carboxylic acids is 2. The van der Waals surface area contributed by atoms with E-state index < -0.39 is 29.3 Å². The van der Waals surface area contributed by atoms with Crippen molar-refractivity contribution < 1.29 is 24.2 Å². The summed E-state index contributed by atoms with van der Waals surface area (Å²) >= 11 is 0. The van der Waals surface area contributed by atoms with Gasteiger partial charge in [-0.2, -0.15) is 0 Å². The van der Waals surface area contributed by atoms with E-state index in [1.807, 2.05) is 44.2 Å². The van der Waals surface area contributed by atoms with Crippen molar-refractivity contribution in [1.29, 1.82) is 0 Å². The number of benzene rings is 1. The van der Waals surface area contributed by atoms with Gasteiger partial charge in [0.25, 0.3) is 0 Å². The minimum atomic E-state index is -0.950. The molecule has 0 saturated heterocycles. The van der Waals surface area contributed by atoms with Gasteiger partial charge in [-0.05, 0) is 51.7 Å². The Kier molecular flexibility index (Phi) is 6.33. The number of pyridine rings is 1. The van der Waals surface area contributed by atoms with Crippen molar-refractivity contribution in [2.24, 2.45) is 22.6 Å². The van der Waals surface area contributed by atoms with E-state index in [1.54, 1.807) is 26.1 Å². The Morgan fingerprint density at radius 2 is 1.97 bits per heavy atom. The van der Waals surface area contributed by atoms with Crippen LogP contribution in [0.3, 0.4) is 0 Å². The van der Waals surface area contributed by atoms with Crippen molar-refractivity contribution in [1.82, 2.24) is 15.2 Å². The summed E-state index contributed by atoms with van der Waals surface area (Å²) in [6.45, 7) is 7.33. The van der Waals surface area contributed by atoms with Gasteiger partial charge in [0.2, 0.25) is 17.7 Å². The van der Waals surface area contributed by atoms with E-state index in [4.69, 9.17) is 15.2 Å². The van der Waals surface area contributed by atoms with Crippen LogP contribution in [0.15, 0.2) is 47.6 Å². The molecule has 202 valence electrons. The zero-order valence-corrected chi connectivity index (χ0v) is 22.3. The molecule has 3 heterocycles. The third-order valence-corrected chi connectivity index (χ3v) is 7.64. The lowest BCUT2D eigenvalue weighted by atomic mass is 9.86. The minimum Gasteiger partial charge on any atom is -0.485 e. The number of aliphatic imine (C=N–C) groups is 1. The van der Waals surface area contributed by atoms with Gasteiger partial charge in [-0.25, -0.2) is 9.98 Å². The summed E-state index contributed by atoms with van der Waals surface area (Å²) in [5.41, 5.74) is 6.33. The fraction of sp³-hybridized carbons (Fsp3) is 0.500. The van der Waals surface area contributed by atoms with Crippen LogP contribution in [0.5, 0.6) is 11.6 Å². The summed E-state index contributed by atoms with van der Waals surface area (Å²) in [5.74, 6) is 0.275. The first kappa shape index (κ1) is 26.0. The number of guanidine groups is 1. The molecular formula is C28H35N5O5. The van der Waals surface area contributed by atoms with Gasteiger partial charge in [0.15, 0.2) is 5.96 Å². The van der Waals surface area contributed by atoms with E-state index in [1.165, 1.54) is 12.0 Å². The largest absolute Gasteiger partial charge is 0.485 e. The molecule has 1 fully saturated rings. The lowest BCUT2D eigenvalue weighted by Gasteiger charge is -2.42. The highest BCUT2D eigenvalue weighted by molar-refractivity contribution is 5.99. The summed E-state index contributed by atoms with van der Waals surface area (Å²) in [6, 6.07) is 9.81. The Bertz CT molecular complexity index is 1270. The number of ether oxygens (including phenoxy) is 2. The molecule has 5 rings (SSSR count). The fourth-order valence-electron chi connectivity index (χ4n) is 5.59. The normalized spacial score (nSPS) is 27.9. The van der Waals surface area contributed by atoms with Crippen molar-refractivity contribution in [2.45, 2.75) is 69.9 Å². The molecule has 5 atom stereocenters. The average molecular weight is 522 g/mol. The summed E-state index contributed by atoms with van der Waals surface area (Å²) in [6.07, 6.45) is 1.46. The Morgan fingerprint density at radius 1 is 1.24 bits per heavy atom. The number of nitrogens with zero attached hydrogens (tertiary/aromatic N) is 3. The Balaban J connectivity index is 1.42. The predicted molar refractivity (Wildman–Crippen MR) is 140 cm³/mol. The van der Waals surface area contributed by atoms with Gasteiger partial charge in [-0.1, -0.05) is 24.3 Å². The number of nitrogens with one attached hydrogen (secondary N) is 1. The highest BCUT2D eigenvalue weighted by atomic mass is 16.5. The van der Waals surface area contributed by atoms with Crippen LogP contribution in [-0.4, -0.2) is 57.1 Å². The van der Waals surface area contributed by atoms with Crippen molar-refractivity contribution in [3.8, 4) is 11.6 Å². The van der Waals surface area contributed by atoms with E-state index >= 15 is 0 Å². The number of methoxy groups -OCH3 is 1. The molecule has 10 heteroatoms. The van der Waals surface area contributed by atoms with Crippen LogP contribution in [0.1, 0.15) is 63.7 Å². The fourth-order valence-corrected chi connectivity index (χ4v) is 5.59.